The molecule has 0 aliphatic rings. The SMILES string of the molecule is CCn1cc(C(=O)NC(C)C(CO)SC)cn1. The molecule has 1 amide bonds. The Balaban J connectivity index is 2.59. The molecule has 0 bridgehead atoms. The maximum absolute atomic E-state index is 11.9. The molecule has 1 aromatic heterocycles. The lowest BCUT2D eigenvalue weighted by Crippen LogP contribution is -2.41. The Morgan fingerprint density at radius 3 is 2.88 bits per heavy atom. The normalized spacial score (nSPS) is 14.4. The second-order valence-corrected chi connectivity index (χ2v) is 4.88. The lowest BCUT2D eigenvalue weighted by atomic mass is 10.2. The molecule has 17 heavy (non-hydrogen) atoms. The van der Waals surface area contributed by atoms with E-state index in [9.17, 15) is 4.79 Å². The third-order valence-electron chi connectivity index (χ3n) is 2.62. The fourth-order valence-electron chi connectivity index (χ4n) is 1.47. The molecule has 0 saturated carbocycles. The van der Waals surface area contributed by atoms with E-state index in [2.05, 4.69) is 10.4 Å². The molecule has 0 aromatic carbocycles. The van der Waals surface area contributed by atoms with Gasteiger partial charge in [-0.15, -0.1) is 0 Å². The van der Waals surface area contributed by atoms with Gasteiger partial charge in [0.05, 0.1) is 18.4 Å². The van der Waals surface area contributed by atoms with Gasteiger partial charge in [-0.3, -0.25) is 9.48 Å². The number of aromatic nitrogens is 2. The average Bonchev–Trinajstić information content (AvgIpc) is 2.79. The van der Waals surface area contributed by atoms with E-state index in [1.807, 2.05) is 20.1 Å². The summed E-state index contributed by atoms with van der Waals surface area (Å²) in [5.41, 5.74) is 0.552. The van der Waals surface area contributed by atoms with Crippen molar-refractivity contribution in [2.24, 2.45) is 0 Å². The molecule has 5 nitrogen and oxygen atoms in total. The van der Waals surface area contributed by atoms with Crippen molar-refractivity contribution in [3.8, 4) is 0 Å². The van der Waals surface area contributed by atoms with Gasteiger partial charge < -0.3 is 10.4 Å². The number of hydrogen-bond acceptors (Lipinski definition) is 4. The highest BCUT2D eigenvalue weighted by Gasteiger charge is 2.18. The van der Waals surface area contributed by atoms with Crippen molar-refractivity contribution in [3.63, 3.8) is 0 Å². The zero-order chi connectivity index (χ0) is 12.8. The van der Waals surface area contributed by atoms with E-state index < -0.39 is 0 Å². The molecular formula is C11H19N3O2S. The van der Waals surface area contributed by atoms with E-state index in [0.717, 1.165) is 6.54 Å². The van der Waals surface area contributed by atoms with Gasteiger partial charge in [-0.2, -0.15) is 16.9 Å². The van der Waals surface area contributed by atoms with Gasteiger partial charge in [0.1, 0.15) is 0 Å². The van der Waals surface area contributed by atoms with Crippen LogP contribution in [0.4, 0.5) is 0 Å². The molecule has 0 aliphatic heterocycles. The van der Waals surface area contributed by atoms with Crippen LogP contribution in [0, 0.1) is 0 Å². The number of hydrogen-bond donors (Lipinski definition) is 2. The molecule has 6 heteroatoms. The van der Waals surface area contributed by atoms with Gasteiger partial charge in [0, 0.05) is 24.0 Å². The molecule has 0 saturated heterocycles. The van der Waals surface area contributed by atoms with Crippen molar-refractivity contribution < 1.29 is 9.90 Å². The average molecular weight is 257 g/mol. The van der Waals surface area contributed by atoms with E-state index in [1.54, 1.807) is 17.1 Å². The molecule has 1 rings (SSSR count). The summed E-state index contributed by atoms with van der Waals surface area (Å²) in [6.07, 6.45) is 5.19. The van der Waals surface area contributed by atoms with Crippen LogP contribution >= 0.6 is 11.8 Å². The van der Waals surface area contributed by atoms with Gasteiger partial charge in [-0.25, -0.2) is 0 Å². The van der Waals surface area contributed by atoms with Crippen LogP contribution in [0.3, 0.4) is 0 Å². The Hall–Kier alpha value is -1.01. The number of rotatable bonds is 6. The summed E-state index contributed by atoms with van der Waals surface area (Å²) in [7, 11) is 0. The lowest BCUT2D eigenvalue weighted by molar-refractivity contribution is 0.0936. The van der Waals surface area contributed by atoms with Crippen molar-refractivity contribution in [1.82, 2.24) is 15.1 Å². The Labute approximate surface area is 106 Å². The van der Waals surface area contributed by atoms with Gasteiger partial charge >= 0.3 is 0 Å². The monoisotopic (exact) mass is 257 g/mol. The Morgan fingerprint density at radius 2 is 2.41 bits per heavy atom. The maximum Gasteiger partial charge on any atom is 0.254 e. The summed E-state index contributed by atoms with van der Waals surface area (Å²) < 4.78 is 1.71. The second-order valence-electron chi connectivity index (χ2n) is 3.80. The Morgan fingerprint density at radius 1 is 1.71 bits per heavy atom. The number of nitrogens with zero attached hydrogens (tertiary/aromatic N) is 2. The van der Waals surface area contributed by atoms with E-state index >= 15 is 0 Å². The zero-order valence-electron chi connectivity index (χ0n) is 10.4. The van der Waals surface area contributed by atoms with Gasteiger partial charge in [0.15, 0.2) is 0 Å². The maximum atomic E-state index is 11.9. The first kappa shape index (κ1) is 14.1. The minimum atomic E-state index is -0.148. The summed E-state index contributed by atoms with van der Waals surface area (Å²) >= 11 is 1.54. The van der Waals surface area contributed by atoms with Crippen molar-refractivity contribution in [3.05, 3.63) is 18.0 Å². The number of carbonyl (C=O) groups excluding carboxylic acids is 1. The summed E-state index contributed by atoms with van der Waals surface area (Å²) in [5.74, 6) is -0.148. The first-order valence-corrected chi connectivity index (χ1v) is 6.88. The molecule has 1 aromatic rings. The highest BCUT2D eigenvalue weighted by Crippen LogP contribution is 2.11. The number of aryl methyl sites for hydroxylation is 1. The largest absolute Gasteiger partial charge is 0.395 e. The summed E-state index contributed by atoms with van der Waals surface area (Å²) in [5, 5.41) is 16.1. The topological polar surface area (TPSA) is 67.2 Å². The fourth-order valence-corrected chi connectivity index (χ4v) is 2.10. The number of carbonyl (C=O) groups is 1. The first-order chi connectivity index (χ1) is 8.12. The quantitative estimate of drug-likeness (QED) is 0.789. The van der Waals surface area contributed by atoms with Gasteiger partial charge in [0.25, 0.3) is 5.91 Å². The third-order valence-corrected chi connectivity index (χ3v) is 3.78. The van der Waals surface area contributed by atoms with E-state index in [1.165, 1.54) is 11.8 Å². The molecule has 96 valence electrons. The van der Waals surface area contributed by atoms with E-state index in [0.29, 0.717) is 5.56 Å². The molecule has 0 aliphatic carbocycles. The fraction of sp³-hybridized carbons (Fsp3) is 0.636. The number of aliphatic hydroxyl groups is 1. The van der Waals surface area contributed by atoms with Gasteiger partial charge in [0.2, 0.25) is 0 Å². The van der Waals surface area contributed by atoms with Gasteiger partial charge in [-0.1, -0.05) is 0 Å². The summed E-state index contributed by atoms with van der Waals surface area (Å²) in [4.78, 5) is 11.9. The van der Waals surface area contributed by atoms with Crippen LogP contribution in [0.25, 0.3) is 0 Å². The molecular weight excluding hydrogens is 238 g/mol. The minimum Gasteiger partial charge on any atom is -0.395 e. The number of thioether (sulfide) groups is 1. The highest BCUT2D eigenvalue weighted by molar-refractivity contribution is 7.99. The van der Waals surface area contributed by atoms with Crippen LogP contribution in [0.2, 0.25) is 0 Å². The van der Waals surface area contributed by atoms with E-state index in [4.69, 9.17) is 5.11 Å². The zero-order valence-corrected chi connectivity index (χ0v) is 11.2. The molecule has 0 fully saturated rings. The van der Waals surface area contributed by atoms with Crippen molar-refractivity contribution in [2.75, 3.05) is 12.9 Å². The third kappa shape index (κ3) is 3.74. The predicted octanol–water partition coefficient (Wildman–Crippen LogP) is 0.745. The Bertz CT molecular complexity index is 363. The molecule has 2 atom stereocenters. The number of amides is 1. The minimum absolute atomic E-state index is 0.0140. The second kappa shape index (κ2) is 6.66. The van der Waals surface area contributed by atoms with Crippen molar-refractivity contribution in [1.29, 1.82) is 0 Å². The molecule has 0 radical (unpaired) electrons. The molecule has 1 heterocycles. The summed E-state index contributed by atoms with van der Waals surface area (Å²) in [6.45, 7) is 4.65. The first-order valence-electron chi connectivity index (χ1n) is 5.59. The smallest absolute Gasteiger partial charge is 0.254 e. The summed E-state index contributed by atoms with van der Waals surface area (Å²) in [6, 6.07) is -0.0764. The van der Waals surface area contributed by atoms with Crippen LogP contribution in [0.1, 0.15) is 24.2 Å². The van der Waals surface area contributed by atoms with E-state index in [-0.39, 0.29) is 23.8 Å². The number of nitrogens with one attached hydrogen (secondary N) is 1. The number of aliphatic hydroxyl groups excluding tert-OH is 1. The van der Waals surface area contributed by atoms with Crippen molar-refractivity contribution in [2.45, 2.75) is 31.7 Å². The van der Waals surface area contributed by atoms with Crippen LogP contribution < -0.4 is 5.32 Å². The van der Waals surface area contributed by atoms with Crippen LogP contribution in [-0.2, 0) is 6.54 Å². The standard InChI is InChI=1S/C11H19N3O2S/c1-4-14-6-9(5-12-14)11(16)13-8(2)10(7-15)17-3/h5-6,8,10,15H,4,7H2,1-3H3,(H,13,16). The molecule has 2 N–H and O–H groups in total. The molecule has 0 spiro atoms. The highest BCUT2D eigenvalue weighted by atomic mass is 32.2. The van der Waals surface area contributed by atoms with Crippen LogP contribution in [0.5, 0.6) is 0 Å². The Kier molecular flexibility index (Phi) is 5.50. The molecule has 2 unspecified atom stereocenters. The van der Waals surface area contributed by atoms with Crippen molar-refractivity contribution >= 4 is 17.7 Å². The predicted molar refractivity (Wildman–Crippen MR) is 69.2 cm³/mol. The van der Waals surface area contributed by atoms with Crippen LogP contribution in [0.15, 0.2) is 12.4 Å². The van der Waals surface area contributed by atoms with Crippen LogP contribution in [-0.4, -0.2) is 44.9 Å². The lowest BCUT2D eigenvalue weighted by Gasteiger charge is -2.20. The van der Waals surface area contributed by atoms with Gasteiger partial charge in [-0.05, 0) is 20.1 Å².